The number of nitrogens with zero attached hydrogens (tertiary/aromatic N) is 1. The van der Waals surface area contributed by atoms with Crippen LogP contribution in [0.1, 0.15) is 10.4 Å². The van der Waals surface area contributed by atoms with Crippen LogP contribution in [0.25, 0.3) is 0 Å². The van der Waals surface area contributed by atoms with Crippen LogP contribution < -0.4 is 14.4 Å². The normalized spacial score (nSPS) is 15.4. The molecule has 0 bridgehead atoms. The maximum atomic E-state index is 14.2. The zero-order valence-electron chi connectivity index (χ0n) is 17.8. The molecule has 0 saturated carbocycles. The summed E-state index contributed by atoms with van der Waals surface area (Å²) >= 11 is 11.9. The van der Waals surface area contributed by atoms with Gasteiger partial charge in [0.1, 0.15) is 17.7 Å². The first kappa shape index (κ1) is 24.3. The lowest BCUT2D eigenvalue weighted by Gasteiger charge is -2.35. The van der Waals surface area contributed by atoms with E-state index in [0.29, 0.717) is 5.02 Å². The molecule has 0 saturated heterocycles. The summed E-state index contributed by atoms with van der Waals surface area (Å²) in [5.74, 6) is -1.27. The number of ether oxygens (including phenoxy) is 2. The number of benzene rings is 3. The van der Waals surface area contributed by atoms with Gasteiger partial charge in [-0.15, -0.1) is 0 Å². The molecule has 1 N–H and O–H groups in total. The smallest absolute Gasteiger partial charge is 0.264 e. The monoisotopic (exact) mass is 524 g/mol. The third kappa shape index (κ3) is 4.83. The van der Waals surface area contributed by atoms with Crippen LogP contribution in [-0.4, -0.2) is 40.7 Å². The third-order valence-electron chi connectivity index (χ3n) is 5.09. The SMILES string of the molecule is COCC1CN(S(=O)(=O)c2ccc(Cl)cc2)c2cc(NC(=O)c3c(F)cccc3Cl)ccc2O1. The van der Waals surface area contributed by atoms with E-state index >= 15 is 0 Å². The van der Waals surface area contributed by atoms with Gasteiger partial charge in [-0.1, -0.05) is 29.3 Å². The van der Waals surface area contributed by atoms with Crippen LogP contribution in [0.4, 0.5) is 15.8 Å². The number of rotatable bonds is 6. The van der Waals surface area contributed by atoms with E-state index in [1.54, 1.807) is 0 Å². The number of halogens is 3. The minimum atomic E-state index is -4.01. The Morgan fingerprint density at radius 3 is 2.59 bits per heavy atom. The van der Waals surface area contributed by atoms with Gasteiger partial charge in [0.2, 0.25) is 0 Å². The lowest BCUT2D eigenvalue weighted by atomic mass is 10.1. The van der Waals surface area contributed by atoms with Crippen molar-refractivity contribution in [1.82, 2.24) is 0 Å². The van der Waals surface area contributed by atoms with Crippen LogP contribution in [0.5, 0.6) is 5.75 Å². The first-order valence-electron chi connectivity index (χ1n) is 10.0. The number of methoxy groups -OCH3 is 1. The third-order valence-corrected chi connectivity index (χ3v) is 7.45. The summed E-state index contributed by atoms with van der Waals surface area (Å²) in [6, 6.07) is 14.2. The molecule has 1 aliphatic heterocycles. The van der Waals surface area contributed by atoms with E-state index in [4.69, 9.17) is 32.7 Å². The second kappa shape index (κ2) is 9.79. The van der Waals surface area contributed by atoms with Gasteiger partial charge in [0.15, 0.2) is 0 Å². The van der Waals surface area contributed by atoms with E-state index in [9.17, 15) is 17.6 Å². The Kier molecular flexibility index (Phi) is 6.99. The van der Waals surface area contributed by atoms with Crippen molar-refractivity contribution in [2.45, 2.75) is 11.0 Å². The topological polar surface area (TPSA) is 84.9 Å². The molecule has 3 aromatic rings. The van der Waals surface area contributed by atoms with Crippen LogP contribution in [0.2, 0.25) is 10.0 Å². The molecule has 0 fully saturated rings. The molecular weight excluding hydrogens is 506 g/mol. The molecule has 3 aromatic carbocycles. The zero-order chi connectivity index (χ0) is 24.5. The molecule has 11 heteroatoms. The standard InChI is InChI=1S/C23H19Cl2FN2O5S/c1-32-13-16-12-28(34(30,31)17-8-5-14(24)6-9-17)20-11-15(7-10-21(20)33-16)27-23(29)22-18(25)3-2-4-19(22)26/h2-11,16H,12-13H2,1H3,(H,27,29). The molecule has 1 unspecified atom stereocenters. The van der Waals surface area contributed by atoms with Crippen LogP contribution in [-0.2, 0) is 14.8 Å². The first-order chi connectivity index (χ1) is 16.2. The predicted molar refractivity (Wildman–Crippen MR) is 128 cm³/mol. The van der Waals surface area contributed by atoms with Gasteiger partial charge in [0, 0.05) is 17.8 Å². The van der Waals surface area contributed by atoms with Gasteiger partial charge >= 0.3 is 0 Å². The van der Waals surface area contributed by atoms with Crippen molar-refractivity contribution in [3.05, 3.63) is 82.1 Å². The van der Waals surface area contributed by atoms with Gasteiger partial charge < -0.3 is 14.8 Å². The molecule has 34 heavy (non-hydrogen) atoms. The number of anilines is 2. The molecule has 178 valence electrons. The molecule has 1 atom stereocenters. The lowest BCUT2D eigenvalue weighted by molar-refractivity contribution is 0.0820. The highest BCUT2D eigenvalue weighted by Crippen LogP contribution is 2.39. The van der Waals surface area contributed by atoms with Gasteiger partial charge in [-0.2, -0.15) is 0 Å². The summed E-state index contributed by atoms with van der Waals surface area (Å²) in [6.45, 7) is 0.138. The Bertz CT molecular complexity index is 1320. The molecule has 0 aliphatic carbocycles. The number of hydrogen-bond donors (Lipinski definition) is 1. The summed E-state index contributed by atoms with van der Waals surface area (Å²) in [7, 11) is -2.52. The van der Waals surface area contributed by atoms with Crippen molar-refractivity contribution in [1.29, 1.82) is 0 Å². The average Bonchev–Trinajstić information content (AvgIpc) is 2.79. The minimum Gasteiger partial charge on any atom is -0.484 e. The Hall–Kier alpha value is -2.85. The van der Waals surface area contributed by atoms with Crippen LogP contribution in [0.15, 0.2) is 65.6 Å². The number of amides is 1. The van der Waals surface area contributed by atoms with Crippen molar-refractivity contribution >= 4 is 50.5 Å². The second-order valence-electron chi connectivity index (χ2n) is 7.42. The Labute approximate surface area is 206 Å². The number of fused-ring (bicyclic) bond motifs is 1. The highest BCUT2D eigenvalue weighted by Gasteiger charge is 2.35. The van der Waals surface area contributed by atoms with Crippen LogP contribution in [0.3, 0.4) is 0 Å². The van der Waals surface area contributed by atoms with Crippen LogP contribution in [0, 0.1) is 5.82 Å². The summed E-state index contributed by atoms with van der Waals surface area (Å²) in [5.41, 5.74) is 0.122. The predicted octanol–water partition coefficient (Wildman–Crippen LogP) is 4.99. The molecule has 1 amide bonds. The van der Waals surface area contributed by atoms with Gasteiger partial charge in [0.25, 0.3) is 15.9 Å². The molecule has 4 rings (SSSR count). The lowest BCUT2D eigenvalue weighted by Crippen LogP contribution is -2.45. The average molecular weight is 525 g/mol. The second-order valence-corrected chi connectivity index (χ2v) is 10.1. The number of carbonyl (C=O) groups excluding carboxylic acids is 1. The Morgan fingerprint density at radius 2 is 1.91 bits per heavy atom. The number of carbonyl (C=O) groups is 1. The quantitative estimate of drug-likeness (QED) is 0.491. The molecular formula is C23H19Cl2FN2O5S. The summed E-state index contributed by atoms with van der Waals surface area (Å²) in [4.78, 5) is 12.7. The fourth-order valence-electron chi connectivity index (χ4n) is 3.53. The van der Waals surface area contributed by atoms with E-state index in [2.05, 4.69) is 5.32 Å². The van der Waals surface area contributed by atoms with Gasteiger partial charge in [-0.25, -0.2) is 12.8 Å². The zero-order valence-corrected chi connectivity index (χ0v) is 20.1. The van der Waals surface area contributed by atoms with Crippen molar-refractivity contribution in [2.24, 2.45) is 0 Å². The van der Waals surface area contributed by atoms with E-state index in [0.717, 1.165) is 6.07 Å². The fraction of sp³-hybridized carbons (Fsp3) is 0.174. The van der Waals surface area contributed by atoms with E-state index in [1.807, 2.05) is 0 Å². The van der Waals surface area contributed by atoms with E-state index in [1.165, 1.54) is 66.0 Å². The highest BCUT2D eigenvalue weighted by atomic mass is 35.5. The van der Waals surface area contributed by atoms with E-state index in [-0.39, 0.29) is 45.8 Å². The first-order valence-corrected chi connectivity index (χ1v) is 12.2. The molecule has 0 aromatic heterocycles. The minimum absolute atomic E-state index is 0.0255. The van der Waals surface area contributed by atoms with Gasteiger partial charge in [-0.05, 0) is 54.6 Å². The summed E-state index contributed by atoms with van der Waals surface area (Å²) < 4.78 is 53.4. The van der Waals surface area contributed by atoms with Crippen LogP contribution >= 0.6 is 23.2 Å². The van der Waals surface area contributed by atoms with E-state index < -0.39 is 27.9 Å². The largest absolute Gasteiger partial charge is 0.484 e. The van der Waals surface area contributed by atoms with Crippen molar-refractivity contribution in [2.75, 3.05) is 29.9 Å². The maximum Gasteiger partial charge on any atom is 0.264 e. The summed E-state index contributed by atoms with van der Waals surface area (Å²) in [5, 5.41) is 2.91. The summed E-state index contributed by atoms with van der Waals surface area (Å²) in [6.07, 6.45) is -0.558. The Morgan fingerprint density at radius 1 is 1.18 bits per heavy atom. The van der Waals surface area contributed by atoms with Crippen molar-refractivity contribution in [3.63, 3.8) is 0 Å². The molecule has 1 aliphatic rings. The maximum absolute atomic E-state index is 14.2. The van der Waals surface area contributed by atoms with Crippen molar-refractivity contribution in [3.8, 4) is 5.75 Å². The molecule has 1 heterocycles. The number of hydrogen-bond acceptors (Lipinski definition) is 5. The van der Waals surface area contributed by atoms with Gasteiger partial charge in [0.05, 0.1) is 34.3 Å². The van der Waals surface area contributed by atoms with Gasteiger partial charge in [-0.3, -0.25) is 9.10 Å². The Balaban J connectivity index is 1.72. The highest BCUT2D eigenvalue weighted by molar-refractivity contribution is 7.92. The fourth-order valence-corrected chi connectivity index (χ4v) is 5.41. The number of nitrogens with one attached hydrogen (secondary N) is 1. The number of sulfonamides is 1. The van der Waals surface area contributed by atoms with Crippen molar-refractivity contribution < 1.29 is 27.1 Å². The molecule has 0 radical (unpaired) electrons. The molecule has 0 spiro atoms. The molecule has 7 nitrogen and oxygen atoms in total.